The van der Waals surface area contributed by atoms with Crippen LogP contribution < -0.4 is 5.56 Å². The number of hydrogen-bond acceptors (Lipinski definition) is 3. The molecule has 0 aliphatic rings. The van der Waals surface area contributed by atoms with Crippen LogP contribution in [0, 0.1) is 0 Å². The predicted molar refractivity (Wildman–Crippen MR) is 79.4 cm³/mol. The van der Waals surface area contributed by atoms with Gasteiger partial charge in [-0.05, 0) is 24.3 Å². The van der Waals surface area contributed by atoms with Crippen LogP contribution in [0.1, 0.15) is 5.56 Å². The SMILES string of the molecule is O=c1c2ccccc2nnn1Cc1c(Cl)cccc1Cl. The second-order valence-corrected chi connectivity index (χ2v) is 5.08. The number of halogens is 2. The van der Waals surface area contributed by atoms with Crippen LogP contribution in [0.15, 0.2) is 47.3 Å². The fourth-order valence-corrected chi connectivity index (χ4v) is 2.48. The van der Waals surface area contributed by atoms with Crippen LogP contribution in [0.2, 0.25) is 10.0 Å². The highest BCUT2D eigenvalue weighted by atomic mass is 35.5. The van der Waals surface area contributed by atoms with E-state index in [1.807, 2.05) is 6.07 Å². The van der Waals surface area contributed by atoms with Crippen molar-refractivity contribution >= 4 is 34.1 Å². The van der Waals surface area contributed by atoms with E-state index in [0.29, 0.717) is 26.5 Å². The van der Waals surface area contributed by atoms with E-state index < -0.39 is 0 Å². The van der Waals surface area contributed by atoms with E-state index in [0.717, 1.165) is 0 Å². The van der Waals surface area contributed by atoms with Gasteiger partial charge >= 0.3 is 0 Å². The second-order valence-electron chi connectivity index (χ2n) is 4.27. The molecule has 3 rings (SSSR count). The molecular weight excluding hydrogens is 297 g/mol. The lowest BCUT2D eigenvalue weighted by Gasteiger charge is -2.08. The molecule has 0 bridgehead atoms. The third kappa shape index (κ3) is 2.28. The lowest BCUT2D eigenvalue weighted by molar-refractivity contribution is 0.601. The van der Waals surface area contributed by atoms with Gasteiger partial charge in [0.2, 0.25) is 0 Å². The summed E-state index contributed by atoms with van der Waals surface area (Å²) in [5.41, 5.74) is 1.01. The Kier molecular flexibility index (Phi) is 3.42. The molecule has 4 nitrogen and oxygen atoms in total. The van der Waals surface area contributed by atoms with Gasteiger partial charge in [-0.15, -0.1) is 5.10 Å². The molecule has 3 aromatic rings. The maximum Gasteiger partial charge on any atom is 0.277 e. The van der Waals surface area contributed by atoms with E-state index in [4.69, 9.17) is 23.2 Å². The van der Waals surface area contributed by atoms with Crippen LogP contribution in [-0.2, 0) is 6.54 Å². The van der Waals surface area contributed by atoms with Crippen LogP contribution >= 0.6 is 23.2 Å². The molecular formula is C14H9Cl2N3O. The van der Waals surface area contributed by atoms with Gasteiger partial charge in [-0.1, -0.05) is 46.6 Å². The Morgan fingerprint density at radius 2 is 1.70 bits per heavy atom. The zero-order chi connectivity index (χ0) is 14.1. The molecule has 20 heavy (non-hydrogen) atoms. The fraction of sp³-hybridized carbons (Fsp3) is 0.0714. The topological polar surface area (TPSA) is 47.8 Å². The number of aromatic nitrogens is 3. The summed E-state index contributed by atoms with van der Waals surface area (Å²) in [6.45, 7) is 0.190. The minimum atomic E-state index is -0.216. The average molecular weight is 306 g/mol. The van der Waals surface area contributed by atoms with Crippen LogP contribution in [0.5, 0.6) is 0 Å². The van der Waals surface area contributed by atoms with Crippen molar-refractivity contribution in [2.45, 2.75) is 6.54 Å². The molecule has 0 fully saturated rings. The summed E-state index contributed by atoms with van der Waals surface area (Å²) in [6.07, 6.45) is 0. The van der Waals surface area contributed by atoms with Gasteiger partial charge in [0, 0.05) is 15.6 Å². The smallest absolute Gasteiger partial charge is 0.267 e. The van der Waals surface area contributed by atoms with Crippen molar-refractivity contribution in [3.05, 3.63) is 68.4 Å². The molecule has 0 spiro atoms. The molecule has 0 saturated carbocycles. The number of benzene rings is 2. The maximum absolute atomic E-state index is 12.3. The standard InChI is InChI=1S/C14H9Cl2N3O/c15-11-5-3-6-12(16)10(11)8-19-14(20)9-4-1-2-7-13(9)17-18-19/h1-7H,8H2. The van der Waals surface area contributed by atoms with Gasteiger partial charge in [0.15, 0.2) is 0 Å². The molecule has 0 atom stereocenters. The van der Waals surface area contributed by atoms with Crippen molar-refractivity contribution in [1.29, 1.82) is 0 Å². The summed E-state index contributed by atoms with van der Waals surface area (Å²) in [5, 5.41) is 9.46. The first kappa shape index (κ1) is 13.1. The van der Waals surface area contributed by atoms with Gasteiger partial charge in [0.1, 0.15) is 5.52 Å². The van der Waals surface area contributed by atoms with Gasteiger partial charge in [-0.2, -0.15) is 0 Å². The van der Waals surface area contributed by atoms with Crippen LogP contribution in [-0.4, -0.2) is 15.0 Å². The van der Waals surface area contributed by atoms with E-state index in [1.54, 1.807) is 36.4 Å². The summed E-state index contributed by atoms with van der Waals surface area (Å²) < 4.78 is 1.26. The van der Waals surface area contributed by atoms with E-state index in [9.17, 15) is 4.79 Å². The summed E-state index contributed by atoms with van der Waals surface area (Å²) in [6, 6.07) is 12.3. The number of fused-ring (bicyclic) bond motifs is 1. The lowest BCUT2D eigenvalue weighted by atomic mass is 10.2. The third-order valence-electron chi connectivity index (χ3n) is 3.00. The molecule has 0 amide bonds. The first-order valence-electron chi connectivity index (χ1n) is 5.92. The fourth-order valence-electron chi connectivity index (χ4n) is 1.96. The minimum Gasteiger partial charge on any atom is -0.267 e. The first-order chi connectivity index (χ1) is 9.66. The molecule has 1 heterocycles. The quantitative estimate of drug-likeness (QED) is 0.731. The zero-order valence-electron chi connectivity index (χ0n) is 10.3. The van der Waals surface area contributed by atoms with Crippen molar-refractivity contribution in [1.82, 2.24) is 15.0 Å². The number of nitrogens with zero attached hydrogens (tertiary/aromatic N) is 3. The van der Waals surface area contributed by atoms with Gasteiger partial charge in [-0.25, -0.2) is 4.68 Å². The Hall–Kier alpha value is -1.91. The first-order valence-corrected chi connectivity index (χ1v) is 6.68. The Labute approximate surface area is 124 Å². The van der Waals surface area contributed by atoms with E-state index in [-0.39, 0.29) is 12.1 Å². The van der Waals surface area contributed by atoms with Crippen molar-refractivity contribution in [2.24, 2.45) is 0 Å². The largest absolute Gasteiger partial charge is 0.277 e. The third-order valence-corrected chi connectivity index (χ3v) is 3.71. The molecule has 0 aliphatic carbocycles. The molecule has 100 valence electrons. The van der Waals surface area contributed by atoms with Crippen molar-refractivity contribution < 1.29 is 0 Å². The van der Waals surface area contributed by atoms with Crippen LogP contribution in [0.3, 0.4) is 0 Å². The van der Waals surface area contributed by atoms with E-state index >= 15 is 0 Å². The molecule has 0 saturated heterocycles. The highest BCUT2D eigenvalue weighted by Crippen LogP contribution is 2.24. The monoisotopic (exact) mass is 305 g/mol. The number of rotatable bonds is 2. The Balaban J connectivity index is 2.12. The van der Waals surface area contributed by atoms with Gasteiger partial charge < -0.3 is 0 Å². The lowest BCUT2D eigenvalue weighted by Crippen LogP contribution is -2.25. The highest BCUT2D eigenvalue weighted by Gasteiger charge is 2.10. The Morgan fingerprint density at radius 1 is 1.00 bits per heavy atom. The average Bonchev–Trinajstić information content (AvgIpc) is 2.45. The Bertz CT molecular complexity index is 825. The summed E-state index contributed by atoms with van der Waals surface area (Å²) in [5.74, 6) is 0. The summed E-state index contributed by atoms with van der Waals surface area (Å²) >= 11 is 12.2. The van der Waals surface area contributed by atoms with E-state index in [2.05, 4.69) is 10.3 Å². The van der Waals surface area contributed by atoms with E-state index in [1.165, 1.54) is 4.68 Å². The van der Waals surface area contributed by atoms with Gasteiger partial charge in [0.25, 0.3) is 5.56 Å². The minimum absolute atomic E-state index is 0.190. The molecule has 0 N–H and O–H groups in total. The summed E-state index contributed by atoms with van der Waals surface area (Å²) in [4.78, 5) is 12.3. The second kappa shape index (κ2) is 5.23. The molecule has 0 aliphatic heterocycles. The molecule has 0 radical (unpaired) electrons. The van der Waals surface area contributed by atoms with Gasteiger partial charge in [0.05, 0.1) is 11.9 Å². The highest BCUT2D eigenvalue weighted by molar-refractivity contribution is 6.35. The van der Waals surface area contributed by atoms with Crippen LogP contribution in [0.4, 0.5) is 0 Å². The zero-order valence-corrected chi connectivity index (χ0v) is 11.8. The maximum atomic E-state index is 12.3. The van der Waals surface area contributed by atoms with Crippen molar-refractivity contribution in [2.75, 3.05) is 0 Å². The number of hydrogen-bond donors (Lipinski definition) is 0. The summed E-state index contributed by atoms with van der Waals surface area (Å²) in [7, 11) is 0. The molecule has 1 aromatic heterocycles. The predicted octanol–water partition coefficient (Wildman–Crippen LogP) is 3.15. The van der Waals surface area contributed by atoms with Gasteiger partial charge in [-0.3, -0.25) is 4.79 Å². The van der Waals surface area contributed by atoms with Crippen molar-refractivity contribution in [3.63, 3.8) is 0 Å². The molecule has 0 unspecified atom stereocenters. The molecule has 2 aromatic carbocycles. The Morgan fingerprint density at radius 3 is 2.45 bits per heavy atom. The normalized spacial score (nSPS) is 10.9. The molecule has 6 heteroatoms. The van der Waals surface area contributed by atoms with Crippen molar-refractivity contribution in [3.8, 4) is 0 Å². The van der Waals surface area contributed by atoms with Crippen LogP contribution in [0.25, 0.3) is 10.9 Å².